The molecule has 0 radical (unpaired) electrons. The zero-order valence-corrected chi connectivity index (χ0v) is 24.3. The van der Waals surface area contributed by atoms with E-state index < -0.39 is 5.91 Å². The van der Waals surface area contributed by atoms with Crippen molar-refractivity contribution in [2.75, 3.05) is 30.6 Å². The van der Waals surface area contributed by atoms with Gasteiger partial charge in [0.2, 0.25) is 5.91 Å². The van der Waals surface area contributed by atoms with E-state index in [1.807, 2.05) is 49.4 Å². The minimum Gasteiger partial charge on any atom is -0.497 e. The number of aryl methyl sites for hydroxylation is 1. The second kappa shape index (κ2) is 14.6. The summed E-state index contributed by atoms with van der Waals surface area (Å²) in [6.45, 7) is 1.98. The molecule has 0 heterocycles. The molecule has 42 heavy (non-hydrogen) atoms. The molecule has 3 amide bonds. The van der Waals surface area contributed by atoms with Gasteiger partial charge in [-0.1, -0.05) is 48.0 Å². The van der Waals surface area contributed by atoms with E-state index in [1.165, 1.54) is 18.9 Å². The maximum absolute atomic E-state index is 13.2. The normalized spacial score (nSPS) is 10.9. The summed E-state index contributed by atoms with van der Waals surface area (Å²) in [6, 6.07) is 28.6. The van der Waals surface area contributed by atoms with Crippen LogP contribution in [0.1, 0.15) is 21.5 Å². The molecule has 0 aromatic heterocycles. The number of hydrogen-bond acceptors (Lipinski definition) is 6. The maximum atomic E-state index is 13.2. The first-order chi connectivity index (χ1) is 20.3. The van der Waals surface area contributed by atoms with E-state index in [1.54, 1.807) is 67.8 Å². The highest BCUT2D eigenvalue weighted by Gasteiger charge is 2.15. The van der Waals surface area contributed by atoms with Crippen LogP contribution >= 0.6 is 11.8 Å². The molecule has 214 valence electrons. The lowest BCUT2D eigenvalue weighted by Gasteiger charge is -2.12. The zero-order chi connectivity index (χ0) is 29.9. The Morgan fingerprint density at radius 2 is 1.52 bits per heavy atom. The maximum Gasteiger partial charge on any atom is 0.272 e. The Hall–Kier alpha value is -5.02. The van der Waals surface area contributed by atoms with Gasteiger partial charge in [0.15, 0.2) is 0 Å². The third-order valence-electron chi connectivity index (χ3n) is 6.08. The van der Waals surface area contributed by atoms with Gasteiger partial charge in [-0.3, -0.25) is 14.4 Å². The van der Waals surface area contributed by atoms with Crippen LogP contribution in [0.2, 0.25) is 0 Å². The average molecular weight is 582 g/mol. The molecule has 0 atom stereocenters. The van der Waals surface area contributed by atoms with E-state index >= 15 is 0 Å². The predicted molar refractivity (Wildman–Crippen MR) is 167 cm³/mol. The Bertz CT molecular complexity index is 1570. The first-order valence-electron chi connectivity index (χ1n) is 13.1. The number of hydrogen-bond donors (Lipinski definition) is 3. The van der Waals surface area contributed by atoms with Crippen molar-refractivity contribution >= 4 is 46.9 Å². The second-order valence-corrected chi connectivity index (χ2v) is 10.2. The van der Waals surface area contributed by atoms with Crippen LogP contribution in [0.25, 0.3) is 6.08 Å². The standard InChI is InChI=1S/C33H31N3O5S/c1-22-9-11-23(12-10-22)19-29(36-32(38)24-7-5-4-6-8-24)33(39)34-25-13-16-27(17-14-25)42-21-31(37)35-28-18-15-26(40-2)20-30(28)41-3/h4-20H,21H2,1-3H3,(H,34,39)(H,35,37)(H,36,38)/b29-19-. The smallest absolute Gasteiger partial charge is 0.272 e. The Balaban J connectivity index is 1.39. The quantitative estimate of drug-likeness (QED) is 0.145. The highest BCUT2D eigenvalue weighted by atomic mass is 32.2. The molecule has 0 bridgehead atoms. The van der Waals surface area contributed by atoms with Crippen LogP contribution in [0, 0.1) is 6.92 Å². The molecule has 0 fully saturated rings. The van der Waals surface area contributed by atoms with Gasteiger partial charge in [0.05, 0.1) is 25.7 Å². The van der Waals surface area contributed by atoms with Crippen LogP contribution in [0.15, 0.2) is 108 Å². The first-order valence-corrected chi connectivity index (χ1v) is 14.0. The molecule has 0 unspecified atom stereocenters. The number of methoxy groups -OCH3 is 2. The number of amides is 3. The van der Waals surface area contributed by atoms with Crippen molar-refractivity contribution < 1.29 is 23.9 Å². The van der Waals surface area contributed by atoms with E-state index in [0.29, 0.717) is 28.4 Å². The molecule has 0 saturated carbocycles. The largest absolute Gasteiger partial charge is 0.497 e. The van der Waals surface area contributed by atoms with Crippen LogP contribution in [0.4, 0.5) is 11.4 Å². The van der Waals surface area contributed by atoms with E-state index in [2.05, 4.69) is 16.0 Å². The summed E-state index contributed by atoms with van der Waals surface area (Å²) in [6.07, 6.45) is 1.64. The monoisotopic (exact) mass is 581 g/mol. The fraction of sp³-hybridized carbons (Fsp3) is 0.121. The van der Waals surface area contributed by atoms with Gasteiger partial charge < -0.3 is 25.4 Å². The van der Waals surface area contributed by atoms with Gasteiger partial charge in [0.25, 0.3) is 11.8 Å². The van der Waals surface area contributed by atoms with E-state index in [0.717, 1.165) is 16.0 Å². The highest BCUT2D eigenvalue weighted by molar-refractivity contribution is 8.00. The molecule has 3 N–H and O–H groups in total. The summed E-state index contributed by atoms with van der Waals surface area (Å²) >= 11 is 1.35. The van der Waals surface area contributed by atoms with Crippen molar-refractivity contribution in [1.82, 2.24) is 5.32 Å². The fourth-order valence-electron chi connectivity index (χ4n) is 3.84. The average Bonchev–Trinajstić information content (AvgIpc) is 3.02. The molecule has 0 aliphatic rings. The summed E-state index contributed by atoms with van der Waals surface area (Å²) in [4.78, 5) is 39.5. The minimum atomic E-state index is -0.465. The SMILES string of the molecule is COc1ccc(NC(=O)CSc2ccc(NC(=O)/C(=C/c3ccc(C)cc3)NC(=O)c3ccccc3)cc2)c(OC)c1. The van der Waals surface area contributed by atoms with E-state index in [4.69, 9.17) is 9.47 Å². The number of ether oxygens (including phenoxy) is 2. The minimum absolute atomic E-state index is 0.108. The molecule has 9 heteroatoms. The first kappa shape index (κ1) is 30.0. The van der Waals surface area contributed by atoms with Crippen molar-refractivity contribution in [2.24, 2.45) is 0 Å². The fourth-order valence-corrected chi connectivity index (χ4v) is 4.54. The molecular weight excluding hydrogens is 550 g/mol. The van der Waals surface area contributed by atoms with Crippen molar-refractivity contribution in [3.05, 3.63) is 119 Å². The Labute approximate surface area is 249 Å². The zero-order valence-electron chi connectivity index (χ0n) is 23.5. The summed E-state index contributed by atoms with van der Waals surface area (Å²) < 4.78 is 10.5. The van der Waals surface area contributed by atoms with Gasteiger partial charge in [-0.2, -0.15) is 0 Å². The number of carbonyl (C=O) groups excluding carboxylic acids is 3. The van der Waals surface area contributed by atoms with E-state index in [9.17, 15) is 14.4 Å². The topological polar surface area (TPSA) is 106 Å². The molecule has 4 aromatic rings. The third kappa shape index (κ3) is 8.49. The van der Waals surface area contributed by atoms with Gasteiger partial charge in [0.1, 0.15) is 17.2 Å². The summed E-state index contributed by atoms with van der Waals surface area (Å²) in [5.74, 6) is 0.261. The molecule has 0 saturated heterocycles. The summed E-state index contributed by atoms with van der Waals surface area (Å²) in [5.41, 5.74) is 3.50. The Morgan fingerprint density at radius 1 is 0.810 bits per heavy atom. The second-order valence-electron chi connectivity index (χ2n) is 9.17. The number of carbonyl (C=O) groups is 3. The lowest BCUT2D eigenvalue weighted by atomic mass is 10.1. The predicted octanol–water partition coefficient (Wildman–Crippen LogP) is 6.15. The van der Waals surface area contributed by atoms with Crippen LogP contribution < -0.4 is 25.4 Å². The molecular formula is C33H31N3O5S. The van der Waals surface area contributed by atoms with Gasteiger partial charge >= 0.3 is 0 Å². The molecule has 8 nitrogen and oxygen atoms in total. The van der Waals surface area contributed by atoms with Crippen LogP contribution in [-0.4, -0.2) is 37.7 Å². The van der Waals surface area contributed by atoms with Crippen molar-refractivity contribution in [3.63, 3.8) is 0 Å². The summed E-state index contributed by atoms with van der Waals surface area (Å²) in [7, 11) is 3.09. The van der Waals surface area contributed by atoms with Gasteiger partial charge in [-0.05, 0) is 67.1 Å². The van der Waals surface area contributed by atoms with Gasteiger partial charge in [0, 0.05) is 22.2 Å². The number of nitrogens with one attached hydrogen (secondary N) is 3. The molecule has 0 aliphatic carbocycles. The van der Waals surface area contributed by atoms with Crippen molar-refractivity contribution in [2.45, 2.75) is 11.8 Å². The lowest BCUT2D eigenvalue weighted by Crippen LogP contribution is -2.30. The highest BCUT2D eigenvalue weighted by Crippen LogP contribution is 2.29. The van der Waals surface area contributed by atoms with Crippen LogP contribution in [0.3, 0.4) is 0 Å². The van der Waals surface area contributed by atoms with Gasteiger partial charge in [-0.15, -0.1) is 11.8 Å². The summed E-state index contributed by atoms with van der Waals surface area (Å²) in [5, 5.41) is 8.43. The molecule has 0 spiro atoms. The molecule has 4 aromatic carbocycles. The Morgan fingerprint density at radius 3 is 2.19 bits per heavy atom. The van der Waals surface area contributed by atoms with Crippen molar-refractivity contribution in [3.8, 4) is 11.5 Å². The lowest BCUT2D eigenvalue weighted by molar-refractivity contribution is -0.114. The van der Waals surface area contributed by atoms with Crippen LogP contribution in [-0.2, 0) is 9.59 Å². The number of benzene rings is 4. The van der Waals surface area contributed by atoms with Crippen LogP contribution in [0.5, 0.6) is 11.5 Å². The third-order valence-corrected chi connectivity index (χ3v) is 7.09. The van der Waals surface area contributed by atoms with Gasteiger partial charge in [-0.25, -0.2) is 0 Å². The Kier molecular flexibility index (Phi) is 10.4. The number of thioether (sulfide) groups is 1. The number of rotatable bonds is 11. The van der Waals surface area contributed by atoms with Crippen molar-refractivity contribution in [1.29, 1.82) is 0 Å². The molecule has 4 rings (SSSR count). The van der Waals surface area contributed by atoms with E-state index in [-0.39, 0.29) is 23.3 Å². The number of anilines is 2. The molecule has 0 aliphatic heterocycles.